The van der Waals surface area contributed by atoms with Crippen molar-refractivity contribution >= 4 is 17.5 Å². The average molecular weight is 388 g/mol. The molecule has 0 aliphatic rings. The zero-order valence-electron chi connectivity index (χ0n) is 15.5. The molecule has 2 heterocycles. The number of oxazole rings is 1. The lowest BCUT2D eigenvalue weighted by molar-refractivity contribution is -0.120. The summed E-state index contributed by atoms with van der Waals surface area (Å²) in [6.45, 7) is 2.23. The van der Waals surface area contributed by atoms with E-state index in [-0.39, 0.29) is 18.4 Å². The van der Waals surface area contributed by atoms with Crippen LogP contribution in [0.1, 0.15) is 23.3 Å². The van der Waals surface area contributed by atoms with E-state index in [1.54, 1.807) is 19.3 Å². The van der Waals surface area contributed by atoms with Crippen LogP contribution in [0, 0.1) is 6.92 Å². The molecule has 1 amide bonds. The maximum atomic E-state index is 12.4. The number of aryl methyl sites for hydroxylation is 1. The minimum Gasteiger partial charge on any atom is -0.468 e. The molecule has 0 bridgehead atoms. The van der Waals surface area contributed by atoms with E-state index < -0.39 is 0 Å². The molecule has 0 aliphatic carbocycles. The number of nitrogens with one attached hydrogen (secondary N) is 1. The Hall–Kier alpha value is -2.57. The van der Waals surface area contributed by atoms with Crippen molar-refractivity contribution in [1.29, 1.82) is 0 Å². The van der Waals surface area contributed by atoms with Gasteiger partial charge in [-0.15, -0.1) is 0 Å². The molecule has 6 nitrogen and oxygen atoms in total. The number of nitrogens with zero attached hydrogens (tertiary/aromatic N) is 2. The van der Waals surface area contributed by atoms with Crippen LogP contribution in [0.4, 0.5) is 0 Å². The predicted octanol–water partition coefficient (Wildman–Crippen LogP) is 3.86. The number of amides is 1. The molecular weight excluding hydrogens is 366 g/mol. The van der Waals surface area contributed by atoms with Gasteiger partial charge in [-0.3, -0.25) is 9.69 Å². The van der Waals surface area contributed by atoms with Gasteiger partial charge in [0.25, 0.3) is 0 Å². The van der Waals surface area contributed by atoms with Crippen molar-refractivity contribution in [2.45, 2.75) is 19.4 Å². The number of furan rings is 1. The Morgan fingerprint density at radius 3 is 2.70 bits per heavy atom. The first kappa shape index (κ1) is 19.2. The molecule has 0 saturated heterocycles. The molecule has 2 aromatic heterocycles. The SMILES string of the molecule is Cc1oc(-c2ccccc2Cl)nc1CC(=O)NCC(c1ccco1)N(C)C. The highest BCUT2D eigenvalue weighted by atomic mass is 35.5. The minimum absolute atomic E-state index is 0.0407. The Morgan fingerprint density at radius 1 is 1.26 bits per heavy atom. The summed E-state index contributed by atoms with van der Waals surface area (Å²) in [7, 11) is 3.88. The molecule has 1 atom stereocenters. The van der Waals surface area contributed by atoms with Gasteiger partial charge in [0.1, 0.15) is 11.5 Å². The van der Waals surface area contributed by atoms with Crippen molar-refractivity contribution in [1.82, 2.24) is 15.2 Å². The van der Waals surface area contributed by atoms with Gasteiger partial charge in [0.2, 0.25) is 11.8 Å². The van der Waals surface area contributed by atoms with Gasteiger partial charge in [-0.2, -0.15) is 0 Å². The van der Waals surface area contributed by atoms with Crippen LogP contribution in [0.25, 0.3) is 11.5 Å². The number of hydrogen-bond donors (Lipinski definition) is 1. The van der Waals surface area contributed by atoms with Crippen molar-refractivity contribution in [2.24, 2.45) is 0 Å². The smallest absolute Gasteiger partial charge is 0.228 e. The molecule has 0 spiro atoms. The third-order valence-corrected chi connectivity index (χ3v) is 4.64. The molecule has 0 fully saturated rings. The number of benzene rings is 1. The summed E-state index contributed by atoms with van der Waals surface area (Å²) in [5.41, 5.74) is 1.31. The van der Waals surface area contributed by atoms with Crippen LogP contribution in [-0.4, -0.2) is 36.4 Å². The summed E-state index contributed by atoms with van der Waals surface area (Å²) in [4.78, 5) is 18.9. The maximum Gasteiger partial charge on any atom is 0.228 e. The Bertz CT molecular complexity index is 903. The molecule has 27 heavy (non-hydrogen) atoms. The number of halogens is 1. The zero-order valence-corrected chi connectivity index (χ0v) is 16.3. The van der Waals surface area contributed by atoms with E-state index in [4.69, 9.17) is 20.4 Å². The first-order chi connectivity index (χ1) is 13.0. The van der Waals surface area contributed by atoms with Crippen LogP contribution in [0.5, 0.6) is 0 Å². The quantitative estimate of drug-likeness (QED) is 0.666. The normalized spacial score (nSPS) is 12.3. The first-order valence-corrected chi connectivity index (χ1v) is 9.01. The van der Waals surface area contributed by atoms with E-state index in [9.17, 15) is 4.79 Å². The number of aromatic nitrogens is 1. The van der Waals surface area contributed by atoms with E-state index in [1.807, 2.05) is 49.3 Å². The van der Waals surface area contributed by atoms with Crippen molar-refractivity contribution in [2.75, 3.05) is 20.6 Å². The third kappa shape index (κ3) is 4.59. The average Bonchev–Trinajstić information content (AvgIpc) is 3.26. The Morgan fingerprint density at radius 2 is 2.04 bits per heavy atom. The van der Waals surface area contributed by atoms with Crippen molar-refractivity contribution in [3.8, 4) is 11.5 Å². The summed E-state index contributed by atoms with van der Waals surface area (Å²) >= 11 is 6.20. The van der Waals surface area contributed by atoms with Crippen LogP contribution in [0.3, 0.4) is 0 Å². The molecule has 3 aromatic rings. The van der Waals surface area contributed by atoms with Gasteiger partial charge in [-0.25, -0.2) is 4.98 Å². The highest BCUT2D eigenvalue weighted by Gasteiger charge is 2.20. The number of likely N-dealkylation sites (N-methyl/N-ethyl adjacent to an activating group) is 1. The van der Waals surface area contributed by atoms with Crippen LogP contribution in [0.15, 0.2) is 51.5 Å². The summed E-state index contributed by atoms with van der Waals surface area (Å²) in [6, 6.07) is 11.0. The standard InChI is InChI=1S/C20H22ClN3O3/c1-13-16(23-20(27-13)14-7-4-5-8-15(14)21)11-19(25)22-12-17(24(2)3)18-9-6-10-26-18/h4-10,17H,11-12H2,1-3H3,(H,22,25). The van der Waals surface area contributed by atoms with Gasteiger partial charge in [0, 0.05) is 6.54 Å². The van der Waals surface area contributed by atoms with E-state index in [0.717, 1.165) is 5.76 Å². The Balaban J connectivity index is 1.65. The second-order valence-corrected chi connectivity index (χ2v) is 6.88. The van der Waals surface area contributed by atoms with Gasteiger partial charge in [0.15, 0.2) is 0 Å². The number of carbonyl (C=O) groups excluding carboxylic acids is 1. The summed E-state index contributed by atoms with van der Waals surface area (Å²) in [5, 5.41) is 3.50. The lowest BCUT2D eigenvalue weighted by atomic mass is 10.2. The Labute approximate surface area is 163 Å². The highest BCUT2D eigenvalue weighted by Crippen LogP contribution is 2.28. The van der Waals surface area contributed by atoms with Crippen LogP contribution in [-0.2, 0) is 11.2 Å². The highest BCUT2D eigenvalue weighted by molar-refractivity contribution is 6.33. The Kier molecular flexibility index (Phi) is 5.98. The van der Waals surface area contributed by atoms with E-state index in [0.29, 0.717) is 34.5 Å². The number of hydrogen-bond acceptors (Lipinski definition) is 5. The van der Waals surface area contributed by atoms with Crippen LogP contribution >= 0.6 is 11.6 Å². The number of rotatable bonds is 7. The van der Waals surface area contributed by atoms with E-state index >= 15 is 0 Å². The lowest BCUT2D eigenvalue weighted by Gasteiger charge is -2.22. The molecule has 0 radical (unpaired) electrons. The number of carbonyl (C=O) groups is 1. The maximum absolute atomic E-state index is 12.4. The summed E-state index contributed by atoms with van der Waals surface area (Å²) in [6.07, 6.45) is 1.76. The van der Waals surface area contributed by atoms with E-state index in [2.05, 4.69) is 10.3 Å². The lowest BCUT2D eigenvalue weighted by Crippen LogP contribution is -2.35. The topological polar surface area (TPSA) is 71.5 Å². The second kappa shape index (κ2) is 8.41. The second-order valence-electron chi connectivity index (χ2n) is 6.48. The van der Waals surface area contributed by atoms with Crippen molar-refractivity contribution in [3.63, 3.8) is 0 Å². The van der Waals surface area contributed by atoms with Gasteiger partial charge in [0.05, 0.1) is 35.0 Å². The minimum atomic E-state index is -0.129. The zero-order chi connectivity index (χ0) is 19.4. The van der Waals surface area contributed by atoms with E-state index in [1.165, 1.54) is 0 Å². The van der Waals surface area contributed by atoms with Crippen LogP contribution in [0.2, 0.25) is 5.02 Å². The van der Waals surface area contributed by atoms with Gasteiger partial charge in [-0.1, -0.05) is 23.7 Å². The summed E-state index contributed by atoms with van der Waals surface area (Å²) < 4.78 is 11.2. The van der Waals surface area contributed by atoms with Crippen molar-refractivity contribution in [3.05, 3.63) is 64.9 Å². The van der Waals surface area contributed by atoms with Crippen LogP contribution < -0.4 is 5.32 Å². The third-order valence-electron chi connectivity index (χ3n) is 4.31. The van der Waals surface area contributed by atoms with Gasteiger partial charge in [-0.05, 0) is 45.3 Å². The monoisotopic (exact) mass is 387 g/mol. The fourth-order valence-electron chi connectivity index (χ4n) is 2.79. The summed E-state index contributed by atoms with van der Waals surface area (Å²) in [5.74, 6) is 1.70. The molecule has 1 N–H and O–H groups in total. The molecule has 142 valence electrons. The fraction of sp³-hybridized carbons (Fsp3) is 0.300. The van der Waals surface area contributed by atoms with Gasteiger partial charge < -0.3 is 14.2 Å². The van der Waals surface area contributed by atoms with Gasteiger partial charge >= 0.3 is 0 Å². The first-order valence-electron chi connectivity index (χ1n) is 8.63. The molecule has 3 rings (SSSR count). The molecule has 0 saturated carbocycles. The molecule has 0 aliphatic heterocycles. The molecule has 7 heteroatoms. The fourth-order valence-corrected chi connectivity index (χ4v) is 3.00. The largest absolute Gasteiger partial charge is 0.468 e. The predicted molar refractivity (Wildman–Crippen MR) is 104 cm³/mol. The molecular formula is C20H22ClN3O3. The van der Waals surface area contributed by atoms with Crippen molar-refractivity contribution < 1.29 is 13.6 Å². The molecule has 1 aromatic carbocycles. The molecule has 1 unspecified atom stereocenters.